The number of hydrogen-bond donors (Lipinski definition) is 3. The second-order valence-electron chi connectivity index (χ2n) is 1.75. The second kappa shape index (κ2) is 5.96. The molecule has 12 heavy (non-hydrogen) atoms. The summed E-state index contributed by atoms with van der Waals surface area (Å²) >= 11 is 0. The normalized spacial score (nSPS) is 13.9. The Morgan fingerprint density at radius 3 is 1.92 bits per heavy atom. The first-order valence-electron chi connectivity index (χ1n) is 2.67. The third-order valence-electron chi connectivity index (χ3n) is 0.995. The zero-order valence-corrected chi connectivity index (χ0v) is 6.96. The van der Waals surface area contributed by atoms with Crippen molar-refractivity contribution in [2.45, 2.75) is 12.2 Å². The van der Waals surface area contributed by atoms with Crippen LogP contribution in [0.3, 0.4) is 0 Å². The van der Waals surface area contributed by atoms with Crippen molar-refractivity contribution in [1.29, 1.82) is 0 Å². The summed E-state index contributed by atoms with van der Waals surface area (Å²) in [5.74, 6) is -2.86. The van der Waals surface area contributed by atoms with Crippen LogP contribution in [0.5, 0.6) is 0 Å². The van der Waals surface area contributed by atoms with Crippen molar-refractivity contribution in [2.24, 2.45) is 0 Å². The van der Waals surface area contributed by atoms with Crippen LogP contribution in [-0.2, 0) is 31.4 Å². The van der Waals surface area contributed by atoms with Gasteiger partial charge in [-0.15, -0.1) is 0 Å². The third kappa shape index (κ3) is 3.68. The number of ether oxygens (including phenoxy) is 1. The zero-order chi connectivity index (χ0) is 9.02. The van der Waals surface area contributed by atoms with Crippen LogP contribution in [0.1, 0.15) is 0 Å². The molecule has 0 bridgehead atoms. The van der Waals surface area contributed by atoms with Crippen LogP contribution < -0.4 is 0 Å². The van der Waals surface area contributed by atoms with E-state index in [0.29, 0.717) is 0 Å². The van der Waals surface area contributed by atoms with Gasteiger partial charge in [0.1, 0.15) is 0 Å². The van der Waals surface area contributed by atoms with Crippen molar-refractivity contribution in [3.05, 3.63) is 0 Å². The largest absolute Gasteiger partial charge is 0.479 e. The summed E-state index contributed by atoms with van der Waals surface area (Å²) in [6, 6.07) is 0. The van der Waals surface area contributed by atoms with E-state index in [1.54, 1.807) is 0 Å². The van der Waals surface area contributed by atoms with Crippen LogP contribution in [0.25, 0.3) is 0 Å². The number of carbonyl (C=O) groups excluding carboxylic acids is 1. The summed E-state index contributed by atoms with van der Waals surface area (Å²) in [7, 11) is 0.972. The molecule has 2 unspecified atom stereocenters. The number of rotatable bonds is 3. The maximum atomic E-state index is 10.4. The number of carboxylic acid groups (broad SMARTS) is 1. The fraction of sp³-hybridized carbons (Fsp3) is 0.600. The van der Waals surface area contributed by atoms with E-state index in [4.69, 9.17) is 15.3 Å². The van der Waals surface area contributed by atoms with Gasteiger partial charge in [0.25, 0.3) is 0 Å². The molecule has 0 aromatic carbocycles. The Morgan fingerprint density at radius 1 is 1.25 bits per heavy atom. The molecule has 7 heteroatoms. The van der Waals surface area contributed by atoms with E-state index in [9.17, 15) is 9.59 Å². The molecule has 3 N–H and O–H groups in total. The van der Waals surface area contributed by atoms with Crippen molar-refractivity contribution in [3.63, 3.8) is 0 Å². The topological polar surface area (TPSA) is 104 Å². The van der Waals surface area contributed by atoms with Crippen molar-refractivity contribution in [3.8, 4) is 0 Å². The molecule has 0 heterocycles. The maximum Gasteiger partial charge on any atom is 0.338 e. The Kier molecular flexibility index (Phi) is 6.92. The molecule has 0 aliphatic carbocycles. The molecular formula is C5H8CuO6. The fourth-order valence-electron chi connectivity index (χ4n) is 0.385. The third-order valence-corrected chi connectivity index (χ3v) is 0.995. The molecule has 75 valence electrons. The van der Waals surface area contributed by atoms with Gasteiger partial charge in [-0.05, 0) is 0 Å². The Balaban J connectivity index is 0. The molecule has 0 rings (SSSR count). The number of aliphatic hydroxyl groups excluding tert-OH is 2. The summed E-state index contributed by atoms with van der Waals surface area (Å²) in [5, 5.41) is 25.3. The molecule has 0 amide bonds. The smallest absolute Gasteiger partial charge is 0.338 e. The van der Waals surface area contributed by atoms with E-state index >= 15 is 0 Å². The summed E-state index contributed by atoms with van der Waals surface area (Å²) in [4.78, 5) is 20.3. The van der Waals surface area contributed by atoms with Gasteiger partial charge in [-0.3, -0.25) is 0 Å². The summed E-state index contributed by atoms with van der Waals surface area (Å²) in [5.41, 5.74) is 0. The average Bonchev–Trinajstić information content (AvgIpc) is 2.00. The molecule has 0 fully saturated rings. The monoisotopic (exact) mass is 227 g/mol. The Labute approximate surface area is 78.6 Å². The number of aliphatic hydroxyl groups is 2. The minimum atomic E-state index is -2.14. The standard InChI is InChI=1S/C5H8O6.Cu/c1-11-5(10)3(7)2(6)4(8)9;/h2-3,6-7H,1H3,(H,8,9);. The Morgan fingerprint density at radius 2 is 1.67 bits per heavy atom. The van der Waals surface area contributed by atoms with E-state index < -0.39 is 24.1 Å². The minimum absolute atomic E-state index is 0. The van der Waals surface area contributed by atoms with Gasteiger partial charge in [-0.1, -0.05) is 0 Å². The predicted octanol–water partition coefficient (Wildman–Crippen LogP) is -2.04. The van der Waals surface area contributed by atoms with Crippen molar-refractivity contribution in [1.82, 2.24) is 0 Å². The zero-order valence-electron chi connectivity index (χ0n) is 6.02. The van der Waals surface area contributed by atoms with Gasteiger partial charge in [-0.2, -0.15) is 0 Å². The molecule has 0 aromatic rings. The van der Waals surface area contributed by atoms with E-state index in [2.05, 4.69) is 4.74 Å². The number of carboxylic acids is 1. The van der Waals surface area contributed by atoms with Gasteiger partial charge in [-0.25, -0.2) is 9.59 Å². The van der Waals surface area contributed by atoms with Gasteiger partial charge in [0.05, 0.1) is 7.11 Å². The van der Waals surface area contributed by atoms with Gasteiger partial charge < -0.3 is 20.1 Å². The molecule has 0 aliphatic rings. The summed E-state index contributed by atoms with van der Waals surface area (Å²) in [6.07, 6.45) is -4.17. The number of carbonyl (C=O) groups is 2. The number of aliphatic carboxylic acids is 1. The molecule has 0 saturated carbocycles. The van der Waals surface area contributed by atoms with Crippen molar-refractivity contribution < 1.29 is 46.7 Å². The summed E-state index contributed by atoms with van der Waals surface area (Å²) < 4.78 is 3.97. The van der Waals surface area contributed by atoms with Crippen LogP contribution in [0.15, 0.2) is 0 Å². The first-order valence-corrected chi connectivity index (χ1v) is 2.67. The molecule has 0 aromatic heterocycles. The van der Waals surface area contributed by atoms with Gasteiger partial charge in [0.2, 0.25) is 0 Å². The van der Waals surface area contributed by atoms with Gasteiger partial charge >= 0.3 is 11.9 Å². The van der Waals surface area contributed by atoms with E-state index in [1.165, 1.54) is 0 Å². The van der Waals surface area contributed by atoms with E-state index in [0.717, 1.165) is 7.11 Å². The SMILES string of the molecule is COC(=O)C(O)C(O)C(=O)O.[Cu]. The number of hydrogen-bond acceptors (Lipinski definition) is 5. The molecule has 6 nitrogen and oxygen atoms in total. The first-order chi connectivity index (χ1) is 5.00. The number of esters is 1. The predicted molar refractivity (Wildman–Crippen MR) is 31.7 cm³/mol. The summed E-state index contributed by atoms with van der Waals surface area (Å²) in [6.45, 7) is 0. The van der Waals surface area contributed by atoms with Crippen LogP contribution in [-0.4, -0.2) is 46.6 Å². The average molecular weight is 228 g/mol. The van der Waals surface area contributed by atoms with E-state index in [-0.39, 0.29) is 17.1 Å². The first kappa shape index (κ1) is 13.9. The Hall–Kier alpha value is -0.621. The Bertz CT molecular complexity index is 169. The maximum absolute atomic E-state index is 10.4. The van der Waals surface area contributed by atoms with Crippen molar-refractivity contribution in [2.75, 3.05) is 7.11 Å². The van der Waals surface area contributed by atoms with Crippen LogP contribution in [0, 0.1) is 0 Å². The van der Waals surface area contributed by atoms with E-state index in [1.807, 2.05) is 0 Å². The van der Waals surface area contributed by atoms with Crippen LogP contribution >= 0.6 is 0 Å². The fourth-order valence-corrected chi connectivity index (χ4v) is 0.385. The molecule has 0 aliphatic heterocycles. The van der Waals surface area contributed by atoms with Gasteiger partial charge in [0, 0.05) is 17.1 Å². The molecular weight excluding hydrogens is 220 g/mol. The minimum Gasteiger partial charge on any atom is -0.479 e. The second-order valence-corrected chi connectivity index (χ2v) is 1.75. The molecule has 1 radical (unpaired) electrons. The van der Waals surface area contributed by atoms with Crippen molar-refractivity contribution >= 4 is 11.9 Å². The number of methoxy groups -OCH3 is 1. The quantitative estimate of drug-likeness (QED) is 0.379. The molecule has 0 saturated heterocycles. The van der Waals surface area contributed by atoms with Crippen LogP contribution in [0.4, 0.5) is 0 Å². The molecule has 0 spiro atoms. The van der Waals surface area contributed by atoms with Crippen LogP contribution in [0.2, 0.25) is 0 Å². The molecule has 2 atom stereocenters. The van der Waals surface area contributed by atoms with Gasteiger partial charge in [0.15, 0.2) is 12.2 Å².